The van der Waals surface area contributed by atoms with Crippen molar-refractivity contribution in [2.75, 3.05) is 0 Å². The maximum Gasteiger partial charge on any atom is 0.287 e. The van der Waals surface area contributed by atoms with Crippen LogP contribution in [0.3, 0.4) is 0 Å². The van der Waals surface area contributed by atoms with Crippen molar-refractivity contribution in [3.63, 3.8) is 0 Å². The summed E-state index contributed by atoms with van der Waals surface area (Å²) in [6, 6.07) is 9.73. The average Bonchev–Trinajstić information content (AvgIpc) is 3.10. The van der Waals surface area contributed by atoms with Gasteiger partial charge < -0.3 is 10.3 Å². The molecule has 0 aliphatic rings. The number of amides is 1. The third kappa shape index (κ3) is 3.29. The van der Waals surface area contributed by atoms with E-state index in [1.54, 1.807) is 24.8 Å². The van der Waals surface area contributed by atoms with Gasteiger partial charge in [-0.15, -0.1) is 0 Å². The molecule has 3 rings (SSSR count). The Morgan fingerprint density at radius 2 is 2.00 bits per heavy atom. The summed E-state index contributed by atoms with van der Waals surface area (Å²) in [5.41, 5.74) is 4.34. The normalized spacial score (nSPS) is 11.9. The molecule has 5 nitrogen and oxygen atoms in total. The van der Waals surface area contributed by atoms with Crippen LogP contribution in [-0.2, 0) is 0 Å². The van der Waals surface area contributed by atoms with E-state index in [0.717, 1.165) is 11.1 Å². The average molecular weight is 306 g/mol. The highest BCUT2D eigenvalue weighted by Gasteiger charge is 2.19. The Labute approximate surface area is 134 Å². The minimum Gasteiger partial charge on any atom is -0.341 e. The molecule has 0 bridgehead atoms. The van der Waals surface area contributed by atoms with Crippen molar-refractivity contribution in [3.05, 3.63) is 83.2 Å². The Kier molecular flexibility index (Phi) is 4.19. The monoisotopic (exact) mass is 306 g/mol. The van der Waals surface area contributed by atoms with Crippen molar-refractivity contribution in [2.45, 2.75) is 19.9 Å². The van der Waals surface area contributed by atoms with Crippen LogP contribution < -0.4 is 5.32 Å². The number of imidazole rings is 1. The van der Waals surface area contributed by atoms with E-state index in [1.165, 1.54) is 11.1 Å². The molecule has 116 valence electrons. The summed E-state index contributed by atoms with van der Waals surface area (Å²) in [4.78, 5) is 23.4. The third-order valence-electron chi connectivity index (χ3n) is 3.87. The number of benzene rings is 1. The largest absolute Gasteiger partial charge is 0.341 e. The summed E-state index contributed by atoms with van der Waals surface area (Å²) in [7, 11) is 0. The molecule has 0 fully saturated rings. The number of H-pyrrole nitrogens is 1. The van der Waals surface area contributed by atoms with Crippen LogP contribution in [0.5, 0.6) is 0 Å². The number of nitrogens with zero attached hydrogens (tertiary/aromatic N) is 2. The van der Waals surface area contributed by atoms with Crippen LogP contribution in [0.2, 0.25) is 0 Å². The summed E-state index contributed by atoms with van der Waals surface area (Å²) in [6.45, 7) is 4.13. The number of hydrogen-bond donors (Lipinski definition) is 2. The second-order valence-corrected chi connectivity index (χ2v) is 5.47. The molecule has 5 heteroatoms. The van der Waals surface area contributed by atoms with Crippen LogP contribution in [-0.4, -0.2) is 20.9 Å². The standard InChI is InChI=1S/C18H18N4O/c1-12-5-6-14(10-13(12)2)16(15-4-3-7-19-11-15)22-18(23)17-20-8-9-21-17/h3-11,16H,1-2H3,(H,20,21)(H,22,23). The fourth-order valence-electron chi connectivity index (χ4n) is 2.44. The van der Waals surface area contributed by atoms with E-state index < -0.39 is 0 Å². The van der Waals surface area contributed by atoms with E-state index in [9.17, 15) is 4.79 Å². The minimum atomic E-state index is -0.277. The molecule has 0 spiro atoms. The summed E-state index contributed by atoms with van der Waals surface area (Å²) in [6.07, 6.45) is 6.67. The third-order valence-corrected chi connectivity index (χ3v) is 3.87. The number of rotatable bonds is 4. The minimum absolute atomic E-state index is 0.248. The number of nitrogens with one attached hydrogen (secondary N) is 2. The van der Waals surface area contributed by atoms with Crippen LogP contribution in [0, 0.1) is 13.8 Å². The van der Waals surface area contributed by atoms with Gasteiger partial charge in [0.25, 0.3) is 5.91 Å². The molecule has 0 saturated heterocycles. The molecule has 1 amide bonds. The van der Waals surface area contributed by atoms with Crippen LogP contribution in [0.25, 0.3) is 0 Å². The molecule has 23 heavy (non-hydrogen) atoms. The van der Waals surface area contributed by atoms with Crippen LogP contribution in [0.15, 0.2) is 55.1 Å². The second-order valence-electron chi connectivity index (χ2n) is 5.47. The van der Waals surface area contributed by atoms with Crippen LogP contribution >= 0.6 is 0 Å². The molecule has 1 aromatic carbocycles. The molecular weight excluding hydrogens is 288 g/mol. The van der Waals surface area contributed by atoms with E-state index in [1.807, 2.05) is 18.2 Å². The van der Waals surface area contributed by atoms with Crippen molar-refractivity contribution in [3.8, 4) is 0 Å². The Bertz CT molecular complexity index is 797. The zero-order valence-corrected chi connectivity index (χ0v) is 13.1. The maximum absolute atomic E-state index is 12.4. The van der Waals surface area contributed by atoms with E-state index in [-0.39, 0.29) is 11.9 Å². The fourth-order valence-corrected chi connectivity index (χ4v) is 2.44. The molecule has 3 aromatic rings. The fraction of sp³-hybridized carbons (Fsp3) is 0.167. The van der Waals surface area contributed by atoms with Crippen LogP contribution in [0.1, 0.15) is 38.9 Å². The summed E-state index contributed by atoms with van der Waals surface area (Å²) in [5.74, 6) is 0.0461. The van der Waals surface area contributed by atoms with Crippen molar-refractivity contribution in [2.24, 2.45) is 0 Å². The number of pyridine rings is 1. The number of aromatic nitrogens is 3. The van der Waals surface area contributed by atoms with Gasteiger partial charge in [-0.2, -0.15) is 0 Å². The molecule has 1 atom stereocenters. The van der Waals surface area contributed by atoms with Crippen molar-refractivity contribution in [1.29, 1.82) is 0 Å². The first kappa shape index (κ1) is 15.0. The van der Waals surface area contributed by atoms with Gasteiger partial charge in [0.1, 0.15) is 0 Å². The van der Waals surface area contributed by atoms with Gasteiger partial charge in [0.15, 0.2) is 5.82 Å². The first-order chi connectivity index (χ1) is 11.1. The second kappa shape index (κ2) is 6.44. The maximum atomic E-state index is 12.4. The highest BCUT2D eigenvalue weighted by atomic mass is 16.2. The number of aromatic amines is 1. The lowest BCUT2D eigenvalue weighted by Gasteiger charge is -2.20. The number of hydrogen-bond acceptors (Lipinski definition) is 3. The smallest absolute Gasteiger partial charge is 0.287 e. The lowest BCUT2D eigenvalue weighted by atomic mass is 9.96. The summed E-state index contributed by atoms with van der Waals surface area (Å²) in [5, 5.41) is 3.03. The molecule has 2 aromatic heterocycles. The molecule has 0 aliphatic carbocycles. The van der Waals surface area contributed by atoms with Crippen molar-refractivity contribution in [1.82, 2.24) is 20.3 Å². The Hall–Kier alpha value is -2.95. The molecule has 1 unspecified atom stereocenters. The Morgan fingerprint density at radius 1 is 1.13 bits per heavy atom. The molecular formula is C18H18N4O. The molecule has 0 saturated carbocycles. The predicted octanol–water partition coefficient (Wildman–Crippen LogP) is 2.94. The zero-order chi connectivity index (χ0) is 16.2. The number of carbonyl (C=O) groups excluding carboxylic acids is 1. The van der Waals surface area contributed by atoms with E-state index >= 15 is 0 Å². The van der Waals surface area contributed by atoms with Gasteiger partial charge in [0.05, 0.1) is 6.04 Å². The van der Waals surface area contributed by atoms with E-state index in [0.29, 0.717) is 5.82 Å². The molecule has 2 heterocycles. The number of carbonyl (C=O) groups is 1. The van der Waals surface area contributed by atoms with Crippen LogP contribution in [0.4, 0.5) is 0 Å². The predicted molar refractivity (Wildman–Crippen MR) is 88.0 cm³/mol. The van der Waals surface area contributed by atoms with Gasteiger partial charge in [-0.3, -0.25) is 9.78 Å². The Balaban J connectivity index is 1.97. The lowest BCUT2D eigenvalue weighted by Crippen LogP contribution is -2.30. The van der Waals surface area contributed by atoms with Gasteiger partial charge in [-0.05, 0) is 42.2 Å². The SMILES string of the molecule is Cc1ccc(C(NC(=O)c2ncc[nH]2)c2cccnc2)cc1C. The van der Waals surface area contributed by atoms with Crippen molar-refractivity contribution < 1.29 is 4.79 Å². The van der Waals surface area contributed by atoms with Gasteiger partial charge in [0.2, 0.25) is 0 Å². The Morgan fingerprint density at radius 3 is 2.65 bits per heavy atom. The molecule has 0 radical (unpaired) electrons. The van der Waals surface area contributed by atoms with Gasteiger partial charge in [0, 0.05) is 24.8 Å². The summed E-state index contributed by atoms with van der Waals surface area (Å²) >= 11 is 0. The zero-order valence-electron chi connectivity index (χ0n) is 13.1. The molecule has 0 aliphatic heterocycles. The highest BCUT2D eigenvalue weighted by molar-refractivity contribution is 5.91. The number of aryl methyl sites for hydroxylation is 2. The topological polar surface area (TPSA) is 70.7 Å². The first-order valence-electron chi connectivity index (χ1n) is 7.42. The van der Waals surface area contributed by atoms with Gasteiger partial charge >= 0.3 is 0 Å². The quantitative estimate of drug-likeness (QED) is 0.778. The first-order valence-corrected chi connectivity index (χ1v) is 7.42. The summed E-state index contributed by atoms with van der Waals surface area (Å²) < 4.78 is 0. The van der Waals surface area contributed by atoms with Gasteiger partial charge in [-0.1, -0.05) is 24.3 Å². The molecule has 2 N–H and O–H groups in total. The van der Waals surface area contributed by atoms with E-state index in [2.05, 4.69) is 46.2 Å². The lowest BCUT2D eigenvalue weighted by molar-refractivity contribution is 0.0933. The van der Waals surface area contributed by atoms with E-state index in [4.69, 9.17) is 0 Å². The van der Waals surface area contributed by atoms with Gasteiger partial charge in [-0.25, -0.2) is 4.98 Å². The highest BCUT2D eigenvalue weighted by Crippen LogP contribution is 2.23. The van der Waals surface area contributed by atoms with Crippen molar-refractivity contribution >= 4 is 5.91 Å².